The molecule has 0 fully saturated rings. The third kappa shape index (κ3) is 5.17. The van der Waals surface area contributed by atoms with Gasteiger partial charge in [-0.3, -0.25) is 0 Å². The Labute approximate surface area is 77.3 Å². The molecule has 0 saturated carbocycles. The van der Waals surface area contributed by atoms with Gasteiger partial charge in [-0.1, -0.05) is 31.5 Å². The number of rotatable bonds is 2. The van der Waals surface area contributed by atoms with E-state index in [-0.39, 0.29) is 5.75 Å². The summed E-state index contributed by atoms with van der Waals surface area (Å²) < 4.78 is 27.3. The molecule has 0 aliphatic rings. The fraction of sp³-hybridized carbons (Fsp3) is 0.400. The topological polar surface area (TPSA) is 9.23 Å². The molecule has 0 radical (unpaired) electrons. The van der Waals surface area contributed by atoms with Gasteiger partial charge in [0.1, 0.15) is 5.75 Å². The Kier molecular flexibility index (Phi) is 5.85. The largest absolute Gasteiger partial charge is 0.435 e. The quantitative estimate of drug-likeness (QED) is 0.688. The molecule has 0 aliphatic carbocycles. The first kappa shape index (κ1) is 11.9. The molecule has 1 rings (SSSR count). The minimum Gasteiger partial charge on any atom is -0.435 e. The Bertz CT molecular complexity index is 219. The van der Waals surface area contributed by atoms with E-state index in [1.54, 1.807) is 12.1 Å². The van der Waals surface area contributed by atoms with Crippen molar-refractivity contribution in [2.45, 2.75) is 27.4 Å². The monoisotopic (exact) mass is 188 g/mol. The van der Waals surface area contributed by atoms with Crippen LogP contribution in [0.1, 0.15) is 19.4 Å². The van der Waals surface area contributed by atoms with Gasteiger partial charge in [0.15, 0.2) is 0 Å². The predicted molar refractivity (Wildman–Crippen MR) is 49.2 cm³/mol. The Hall–Kier alpha value is -1.12. The molecule has 0 aromatic heterocycles. The average Bonchev–Trinajstić information content (AvgIpc) is 2.12. The molecular formula is C10H14F2O. The predicted octanol–water partition coefficient (Wildman–Crippen LogP) is 3.62. The van der Waals surface area contributed by atoms with E-state index in [9.17, 15) is 8.78 Å². The molecule has 0 saturated heterocycles. The van der Waals surface area contributed by atoms with Gasteiger partial charge in [0, 0.05) is 0 Å². The number of alkyl halides is 2. The molecular weight excluding hydrogens is 174 g/mol. The zero-order valence-electron chi connectivity index (χ0n) is 8.05. The maximum Gasteiger partial charge on any atom is 0.387 e. The second-order valence-corrected chi connectivity index (χ2v) is 2.19. The van der Waals surface area contributed by atoms with Crippen LogP contribution in [0.3, 0.4) is 0 Å². The molecule has 0 atom stereocenters. The summed E-state index contributed by atoms with van der Waals surface area (Å²) in [6.07, 6.45) is 0. The van der Waals surface area contributed by atoms with Crippen molar-refractivity contribution in [2.75, 3.05) is 0 Å². The number of ether oxygens (including phenoxy) is 1. The molecule has 0 bridgehead atoms. The zero-order valence-corrected chi connectivity index (χ0v) is 8.05. The number of halogens is 2. The van der Waals surface area contributed by atoms with Crippen molar-refractivity contribution < 1.29 is 13.5 Å². The summed E-state index contributed by atoms with van der Waals surface area (Å²) in [6.45, 7) is 3.14. The first-order valence-corrected chi connectivity index (χ1v) is 4.20. The molecule has 1 aromatic carbocycles. The highest BCUT2D eigenvalue weighted by Gasteiger charge is 2.01. The standard InChI is InChI=1S/C8H8F2O.C2H6/c1-6-2-4-7(5-3-6)11-8(9)10;1-2/h2-5,8H,1H3;1-2H3. The van der Waals surface area contributed by atoms with Crippen LogP contribution in [-0.4, -0.2) is 6.61 Å². The van der Waals surface area contributed by atoms with Gasteiger partial charge in [0.05, 0.1) is 0 Å². The van der Waals surface area contributed by atoms with E-state index in [0.29, 0.717) is 0 Å². The first-order chi connectivity index (χ1) is 6.18. The Balaban J connectivity index is 0.000000671. The van der Waals surface area contributed by atoms with Gasteiger partial charge in [-0.25, -0.2) is 0 Å². The van der Waals surface area contributed by atoms with E-state index in [4.69, 9.17) is 0 Å². The van der Waals surface area contributed by atoms with Gasteiger partial charge >= 0.3 is 6.61 Å². The Morgan fingerprint density at radius 3 is 1.92 bits per heavy atom. The highest BCUT2D eigenvalue weighted by molar-refractivity contribution is 5.26. The van der Waals surface area contributed by atoms with Crippen molar-refractivity contribution in [1.29, 1.82) is 0 Å². The minimum absolute atomic E-state index is 0.200. The molecule has 3 heteroatoms. The van der Waals surface area contributed by atoms with Crippen molar-refractivity contribution >= 4 is 0 Å². The Morgan fingerprint density at radius 1 is 1.08 bits per heavy atom. The van der Waals surface area contributed by atoms with Crippen LogP contribution >= 0.6 is 0 Å². The Morgan fingerprint density at radius 2 is 1.54 bits per heavy atom. The van der Waals surface area contributed by atoms with E-state index in [1.807, 2.05) is 20.8 Å². The highest BCUT2D eigenvalue weighted by Crippen LogP contribution is 2.13. The number of hydrogen-bond acceptors (Lipinski definition) is 1. The SMILES string of the molecule is CC.Cc1ccc(OC(F)F)cc1. The van der Waals surface area contributed by atoms with Crippen molar-refractivity contribution in [1.82, 2.24) is 0 Å². The summed E-state index contributed by atoms with van der Waals surface area (Å²) in [7, 11) is 0. The molecule has 0 spiro atoms. The lowest BCUT2D eigenvalue weighted by molar-refractivity contribution is -0.0498. The molecule has 1 nitrogen and oxygen atoms in total. The van der Waals surface area contributed by atoms with E-state index in [2.05, 4.69) is 4.74 Å². The summed E-state index contributed by atoms with van der Waals surface area (Å²) in [5, 5.41) is 0. The lowest BCUT2D eigenvalue weighted by Crippen LogP contribution is -2.01. The fourth-order valence-corrected chi connectivity index (χ4v) is 0.720. The van der Waals surface area contributed by atoms with E-state index >= 15 is 0 Å². The fourth-order valence-electron chi connectivity index (χ4n) is 0.720. The summed E-state index contributed by atoms with van der Waals surface area (Å²) in [5.74, 6) is 0.200. The van der Waals surface area contributed by atoms with Crippen molar-refractivity contribution in [2.24, 2.45) is 0 Å². The number of aryl methyl sites for hydroxylation is 1. The maximum atomic E-state index is 11.6. The van der Waals surface area contributed by atoms with E-state index < -0.39 is 6.61 Å². The maximum absolute atomic E-state index is 11.6. The van der Waals surface area contributed by atoms with Gasteiger partial charge in [-0.05, 0) is 19.1 Å². The lowest BCUT2D eigenvalue weighted by atomic mass is 10.2. The van der Waals surface area contributed by atoms with Gasteiger partial charge in [-0.15, -0.1) is 0 Å². The average molecular weight is 188 g/mol. The first-order valence-electron chi connectivity index (χ1n) is 4.20. The third-order valence-corrected chi connectivity index (χ3v) is 1.25. The smallest absolute Gasteiger partial charge is 0.387 e. The summed E-state index contributed by atoms with van der Waals surface area (Å²) in [4.78, 5) is 0. The van der Waals surface area contributed by atoms with Crippen molar-refractivity contribution in [3.05, 3.63) is 29.8 Å². The van der Waals surface area contributed by atoms with E-state index in [0.717, 1.165) is 5.56 Å². The highest BCUT2D eigenvalue weighted by atomic mass is 19.3. The van der Waals surface area contributed by atoms with Crippen molar-refractivity contribution in [3.8, 4) is 5.75 Å². The van der Waals surface area contributed by atoms with Crippen molar-refractivity contribution in [3.63, 3.8) is 0 Å². The van der Waals surface area contributed by atoms with Crippen LogP contribution in [0.15, 0.2) is 24.3 Å². The summed E-state index contributed by atoms with van der Waals surface area (Å²) in [6, 6.07) is 6.47. The molecule has 13 heavy (non-hydrogen) atoms. The number of benzene rings is 1. The molecule has 0 unspecified atom stereocenters. The summed E-state index contributed by atoms with van der Waals surface area (Å²) in [5.41, 5.74) is 1.02. The number of hydrogen-bond donors (Lipinski definition) is 0. The molecule has 0 heterocycles. The van der Waals surface area contributed by atoms with Gasteiger partial charge in [0.2, 0.25) is 0 Å². The van der Waals surface area contributed by atoms with Gasteiger partial charge in [0.25, 0.3) is 0 Å². The van der Waals surface area contributed by atoms with E-state index in [1.165, 1.54) is 12.1 Å². The van der Waals surface area contributed by atoms with Crippen LogP contribution in [0.5, 0.6) is 5.75 Å². The normalized spacial score (nSPS) is 9.08. The van der Waals surface area contributed by atoms with Gasteiger partial charge < -0.3 is 4.74 Å². The zero-order chi connectivity index (χ0) is 10.3. The van der Waals surface area contributed by atoms with Crippen LogP contribution in [-0.2, 0) is 0 Å². The molecule has 74 valence electrons. The van der Waals surface area contributed by atoms with Crippen LogP contribution in [0.4, 0.5) is 8.78 Å². The van der Waals surface area contributed by atoms with Crippen LogP contribution < -0.4 is 4.74 Å². The molecule has 0 amide bonds. The third-order valence-electron chi connectivity index (χ3n) is 1.25. The minimum atomic E-state index is -2.74. The molecule has 1 aromatic rings. The van der Waals surface area contributed by atoms with Crippen LogP contribution in [0, 0.1) is 6.92 Å². The lowest BCUT2D eigenvalue weighted by Gasteiger charge is -2.02. The second-order valence-electron chi connectivity index (χ2n) is 2.19. The second kappa shape index (κ2) is 6.40. The molecule has 0 N–H and O–H groups in total. The van der Waals surface area contributed by atoms with Crippen LogP contribution in [0.2, 0.25) is 0 Å². The summed E-state index contributed by atoms with van der Waals surface area (Å²) >= 11 is 0. The molecule has 0 aliphatic heterocycles. The van der Waals surface area contributed by atoms with Crippen LogP contribution in [0.25, 0.3) is 0 Å². The van der Waals surface area contributed by atoms with Gasteiger partial charge in [-0.2, -0.15) is 8.78 Å².